The Bertz CT molecular complexity index is 1160. The van der Waals surface area contributed by atoms with E-state index in [1.165, 1.54) is 5.56 Å². The summed E-state index contributed by atoms with van der Waals surface area (Å²) >= 11 is 0. The molecule has 0 aliphatic carbocycles. The van der Waals surface area contributed by atoms with Crippen LogP contribution in [0.1, 0.15) is 31.4 Å². The van der Waals surface area contributed by atoms with Crippen molar-refractivity contribution in [1.29, 1.82) is 0 Å². The van der Waals surface area contributed by atoms with Gasteiger partial charge in [-0.3, -0.25) is 9.48 Å². The van der Waals surface area contributed by atoms with Gasteiger partial charge in [0, 0.05) is 57.1 Å². The molecule has 8 heteroatoms. The van der Waals surface area contributed by atoms with Crippen LogP contribution < -0.4 is 16.0 Å². The number of fused-ring (bicyclic) bond motifs is 1. The van der Waals surface area contributed by atoms with E-state index in [0.717, 1.165) is 48.7 Å². The second-order valence-corrected chi connectivity index (χ2v) is 10.00. The lowest BCUT2D eigenvalue weighted by atomic mass is 9.84. The summed E-state index contributed by atoms with van der Waals surface area (Å²) in [5.74, 6) is 1.97. The molecule has 184 valence electrons. The van der Waals surface area contributed by atoms with Crippen LogP contribution in [0.15, 0.2) is 55.0 Å². The van der Waals surface area contributed by atoms with E-state index < -0.39 is 0 Å². The van der Waals surface area contributed by atoms with Crippen LogP contribution in [0.3, 0.4) is 0 Å². The molecule has 0 saturated carbocycles. The number of amides is 1. The first-order valence-corrected chi connectivity index (χ1v) is 12.5. The van der Waals surface area contributed by atoms with Crippen molar-refractivity contribution < 1.29 is 4.79 Å². The summed E-state index contributed by atoms with van der Waals surface area (Å²) in [6.07, 6.45) is 7.47. The molecule has 8 nitrogen and oxygen atoms in total. The fourth-order valence-electron chi connectivity index (χ4n) is 5.17. The smallest absolute Gasteiger partial charge is 0.222 e. The lowest BCUT2D eigenvalue weighted by Crippen LogP contribution is -2.46. The normalized spacial score (nSPS) is 21.6. The predicted molar refractivity (Wildman–Crippen MR) is 139 cm³/mol. The second kappa shape index (κ2) is 10.1. The molecule has 0 spiro atoms. The number of aryl methyl sites for hydroxylation is 1. The van der Waals surface area contributed by atoms with Crippen LogP contribution in [-0.4, -0.2) is 58.3 Å². The van der Waals surface area contributed by atoms with Crippen LogP contribution in [-0.2, 0) is 11.8 Å². The van der Waals surface area contributed by atoms with Crippen molar-refractivity contribution in [2.24, 2.45) is 18.9 Å². The third-order valence-corrected chi connectivity index (χ3v) is 7.48. The average Bonchev–Trinajstić information content (AvgIpc) is 3.32. The minimum absolute atomic E-state index is 0.112. The Morgan fingerprint density at radius 3 is 2.74 bits per heavy atom. The molecule has 2 aliphatic rings. The maximum absolute atomic E-state index is 12.2. The van der Waals surface area contributed by atoms with Crippen LogP contribution in [0.2, 0.25) is 0 Å². The van der Waals surface area contributed by atoms with Crippen LogP contribution in [0.4, 0.5) is 11.5 Å². The van der Waals surface area contributed by atoms with E-state index in [2.05, 4.69) is 64.4 Å². The number of benzene rings is 1. The summed E-state index contributed by atoms with van der Waals surface area (Å²) in [7, 11) is 3.82. The van der Waals surface area contributed by atoms with E-state index in [1.54, 1.807) is 4.68 Å². The van der Waals surface area contributed by atoms with Crippen molar-refractivity contribution in [3.05, 3.63) is 60.6 Å². The van der Waals surface area contributed by atoms with Gasteiger partial charge in [0.1, 0.15) is 5.82 Å². The summed E-state index contributed by atoms with van der Waals surface area (Å²) in [6.45, 7) is 4.76. The molecule has 0 bridgehead atoms. The van der Waals surface area contributed by atoms with E-state index in [1.807, 2.05) is 37.6 Å². The van der Waals surface area contributed by atoms with Gasteiger partial charge in [0.05, 0.1) is 24.0 Å². The van der Waals surface area contributed by atoms with Crippen LogP contribution in [0.25, 0.3) is 11.1 Å². The highest BCUT2D eigenvalue weighted by Crippen LogP contribution is 2.32. The molecule has 5 rings (SSSR count). The van der Waals surface area contributed by atoms with Gasteiger partial charge in [-0.05, 0) is 36.4 Å². The Hall–Kier alpha value is -3.39. The first kappa shape index (κ1) is 23.4. The van der Waals surface area contributed by atoms with Gasteiger partial charge in [-0.1, -0.05) is 37.3 Å². The summed E-state index contributed by atoms with van der Waals surface area (Å²) in [6, 6.07) is 13.0. The standard InChI is InChI=1S/C27H35N7O/c1-18(20-9-10-33(2)25(35)12-20)13-29-26(19-7-5-4-6-8-19)24-16-28-23-11-21(14-30-27(23)32-24)22-15-31-34(3)17-22/h4-8,11,14-15,17-18,20,24,26,28-29H,9-10,12-13,16H2,1-3H3,(H,30,32)/t18-,20+,24+,26+/m0/s1. The molecule has 1 saturated heterocycles. The van der Waals surface area contributed by atoms with Gasteiger partial charge >= 0.3 is 0 Å². The topological polar surface area (TPSA) is 87.1 Å². The van der Waals surface area contributed by atoms with Crippen LogP contribution in [0, 0.1) is 11.8 Å². The van der Waals surface area contributed by atoms with E-state index in [4.69, 9.17) is 4.98 Å². The fraction of sp³-hybridized carbons (Fsp3) is 0.444. The molecule has 2 aromatic heterocycles. The number of carbonyl (C=O) groups excluding carboxylic acids is 1. The zero-order chi connectivity index (χ0) is 24.4. The highest BCUT2D eigenvalue weighted by atomic mass is 16.2. The third-order valence-electron chi connectivity index (χ3n) is 7.48. The van der Waals surface area contributed by atoms with Gasteiger partial charge in [-0.2, -0.15) is 5.10 Å². The number of likely N-dealkylation sites (tertiary alicyclic amines) is 1. The van der Waals surface area contributed by atoms with E-state index in [0.29, 0.717) is 18.3 Å². The largest absolute Gasteiger partial charge is 0.380 e. The van der Waals surface area contributed by atoms with Gasteiger partial charge in [-0.25, -0.2) is 4.98 Å². The number of pyridine rings is 1. The summed E-state index contributed by atoms with van der Waals surface area (Å²) < 4.78 is 1.80. The molecule has 4 atom stereocenters. The molecular weight excluding hydrogens is 438 g/mol. The Labute approximate surface area is 207 Å². The van der Waals surface area contributed by atoms with Crippen LogP contribution >= 0.6 is 0 Å². The Balaban J connectivity index is 1.30. The molecule has 35 heavy (non-hydrogen) atoms. The molecule has 3 N–H and O–H groups in total. The van der Waals surface area contributed by atoms with Crippen LogP contribution in [0.5, 0.6) is 0 Å². The third kappa shape index (κ3) is 5.17. The van der Waals surface area contributed by atoms with Gasteiger partial charge in [-0.15, -0.1) is 0 Å². The number of nitrogens with one attached hydrogen (secondary N) is 3. The summed E-state index contributed by atoms with van der Waals surface area (Å²) in [5, 5.41) is 15.4. The second-order valence-electron chi connectivity index (χ2n) is 10.00. The minimum atomic E-state index is 0.112. The summed E-state index contributed by atoms with van der Waals surface area (Å²) in [5.41, 5.74) is 4.35. The zero-order valence-electron chi connectivity index (χ0n) is 20.7. The Kier molecular flexibility index (Phi) is 6.72. The fourth-order valence-corrected chi connectivity index (χ4v) is 5.17. The molecule has 0 unspecified atom stereocenters. The van der Waals surface area contributed by atoms with Gasteiger partial charge in [0.2, 0.25) is 5.91 Å². The average molecular weight is 474 g/mol. The molecule has 3 aromatic rings. The summed E-state index contributed by atoms with van der Waals surface area (Å²) in [4.78, 5) is 18.8. The van der Waals surface area contributed by atoms with Crippen molar-refractivity contribution in [2.75, 3.05) is 37.3 Å². The van der Waals surface area contributed by atoms with Gasteiger partial charge in [0.25, 0.3) is 0 Å². The lowest BCUT2D eigenvalue weighted by Gasteiger charge is -2.37. The first-order valence-electron chi connectivity index (χ1n) is 12.5. The number of hydrogen-bond acceptors (Lipinski definition) is 6. The SMILES string of the molecule is C[C@@H](CN[C@H](c1ccccc1)[C@H]1CNc2cc(-c3cnn(C)c3)cnc2N1)[C@@H]1CCN(C)C(=O)C1. The van der Waals surface area contributed by atoms with Gasteiger partial charge in [0.15, 0.2) is 0 Å². The number of piperidine rings is 1. The highest BCUT2D eigenvalue weighted by molar-refractivity contribution is 5.77. The van der Waals surface area contributed by atoms with Crippen molar-refractivity contribution in [3.8, 4) is 11.1 Å². The lowest BCUT2D eigenvalue weighted by molar-refractivity contribution is -0.134. The van der Waals surface area contributed by atoms with Crippen molar-refractivity contribution in [3.63, 3.8) is 0 Å². The van der Waals surface area contributed by atoms with E-state index in [9.17, 15) is 4.79 Å². The zero-order valence-corrected chi connectivity index (χ0v) is 20.7. The molecule has 4 heterocycles. The number of anilines is 2. The molecular formula is C27H35N7O. The van der Waals surface area contributed by atoms with E-state index >= 15 is 0 Å². The highest BCUT2D eigenvalue weighted by Gasteiger charge is 2.31. The van der Waals surface area contributed by atoms with Crippen molar-refractivity contribution in [2.45, 2.75) is 31.8 Å². The number of carbonyl (C=O) groups is 1. The first-order chi connectivity index (χ1) is 17.0. The quantitative estimate of drug-likeness (QED) is 0.487. The predicted octanol–water partition coefficient (Wildman–Crippen LogP) is 3.52. The Morgan fingerprint density at radius 1 is 1.17 bits per heavy atom. The number of nitrogens with zero attached hydrogens (tertiary/aromatic N) is 4. The van der Waals surface area contributed by atoms with E-state index in [-0.39, 0.29) is 18.0 Å². The molecule has 1 amide bonds. The maximum Gasteiger partial charge on any atom is 0.222 e. The Morgan fingerprint density at radius 2 is 2.00 bits per heavy atom. The molecule has 0 radical (unpaired) electrons. The molecule has 2 aliphatic heterocycles. The number of aromatic nitrogens is 3. The minimum Gasteiger partial charge on any atom is -0.380 e. The number of rotatable bonds is 7. The monoisotopic (exact) mass is 473 g/mol. The maximum atomic E-state index is 12.2. The van der Waals surface area contributed by atoms with Crippen molar-refractivity contribution >= 4 is 17.4 Å². The number of hydrogen-bond donors (Lipinski definition) is 3. The van der Waals surface area contributed by atoms with Crippen molar-refractivity contribution in [1.82, 2.24) is 25.0 Å². The molecule has 1 fully saturated rings. The van der Waals surface area contributed by atoms with Gasteiger partial charge < -0.3 is 20.9 Å². The molecule has 1 aromatic carbocycles.